The molecule has 10 nitrogen and oxygen atoms in total. The van der Waals surface area contributed by atoms with E-state index in [1.165, 1.54) is 16.2 Å². The van der Waals surface area contributed by atoms with Crippen LogP contribution < -0.4 is 24.7 Å². The van der Waals surface area contributed by atoms with E-state index in [2.05, 4.69) is 35.3 Å². The predicted octanol–water partition coefficient (Wildman–Crippen LogP) is 1.70. The van der Waals surface area contributed by atoms with Gasteiger partial charge >= 0.3 is 27.0 Å². The van der Waals surface area contributed by atoms with Crippen LogP contribution in [0.4, 0.5) is 0 Å². The molecule has 1 aromatic heterocycles. The molecule has 0 bridgehead atoms. The second kappa shape index (κ2) is 18.4. The molecule has 0 amide bonds. The molecule has 2 aromatic carbocycles. The van der Waals surface area contributed by atoms with Gasteiger partial charge in [-0.3, -0.25) is 9.78 Å². The predicted molar refractivity (Wildman–Crippen MR) is 112 cm³/mol. The minimum absolute atomic E-state index is 0. The molecule has 176 valence electrons. The van der Waals surface area contributed by atoms with Gasteiger partial charge in [-0.15, -0.1) is 10.1 Å². The van der Waals surface area contributed by atoms with Crippen LogP contribution in [0.3, 0.4) is 0 Å². The van der Waals surface area contributed by atoms with Crippen LogP contribution in [0, 0.1) is 15.5 Å². The summed E-state index contributed by atoms with van der Waals surface area (Å²) in [7, 11) is 0. The number of aliphatic carboxylic acids is 1. The van der Waals surface area contributed by atoms with Crippen molar-refractivity contribution in [2.24, 2.45) is 5.41 Å². The first-order valence-corrected chi connectivity index (χ1v) is 7.98. The van der Waals surface area contributed by atoms with Gasteiger partial charge in [-0.1, -0.05) is 49.4 Å². The number of rotatable bonds is 2. The van der Waals surface area contributed by atoms with Crippen LogP contribution in [-0.2, 0) is 25.9 Å². The Balaban J connectivity index is -0.000000118. The first-order valence-electron chi connectivity index (χ1n) is 7.98. The van der Waals surface area contributed by atoms with Crippen LogP contribution in [0.15, 0.2) is 54.7 Å². The van der Waals surface area contributed by atoms with Gasteiger partial charge in [0.15, 0.2) is 0 Å². The number of aromatic nitrogens is 1. The zero-order valence-corrected chi connectivity index (χ0v) is 20.5. The number of para-hydroxylation sites is 1. The number of carboxylic acids is 1. The van der Waals surface area contributed by atoms with E-state index in [-0.39, 0.29) is 51.2 Å². The van der Waals surface area contributed by atoms with Crippen LogP contribution in [0.25, 0.3) is 21.7 Å². The molecule has 0 atom stereocenters. The Kier molecular flexibility index (Phi) is 23.3. The number of carbonyl (C=O) groups is 1. The topological polar surface area (TPSA) is 214 Å². The number of hydrogen-bond donors (Lipinski definition) is 4. The van der Waals surface area contributed by atoms with Gasteiger partial charge in [-0.25, -0.2) is 0 Å². The van der Waals surface area contributed by atoms with Gasteiger partial charge in [0.1, 0.15) is 0 Å². The Bertz CT molecular complexity index is 856. The van der Waals surface area contributed by atoms with Crippen LogP contribution in [-0.4, -0.2) is 31.8 Å². The summed E-state index contributed by atoms with van der Waals surface area (Å²) in [5.74, 6) is -0.722. The van der Waals surface area contributed by atoms with Crippen molar-refractivity contribution in [1.29, 1.82) is 0 Å². The van der Waals surface area contributed by atoms with Crippen molar-refractivity contribution in [3.05, 3.63) is 64.8 Å². The monoisotopic (exact) mass is 639 g/mol. The molecule has 0 aliphatic rings. The standard InChI is InChI=1S/C13H9N.C6H12O2.ClH.HNO3.2H3N.H2O.Pt/c1-2-6-11-10(5-1)9-14-13-8-4-3-7-12(11)13;1-4-6(2,3)5(7)8;;2-1(3)4;;;;/h1-9H;4H2,1-3H3,(H,7,8);1H;(H,2,3,4);2*1H3;1H2;/q;;;;;;;+4/p-2. The third-order valence-corrected chi connectivity index (χ3v) is 3.96. The van der Waals surface area contributed by atoms with Gasteiger partial charge in [0, 0.05) is 17.0 Å². The van der Waals surface area contributed by atoms with E-state index in [0.717, 1.165) is 5.52 Å². The third-order valence-electron chi connectivity index (χ3n) is 3.96. The fraction of sp³-hybridized carbons (Fsp3) is 0.263. The van der Waals surface area contributed by atoms with E-state index in [4.69, 9.17) is 20.4 Å². The number of carboxylic acid groups (broad SMARTS) is 1. The fourth-order valence-electron chi connectivity index (χ4n) is 1.96. The fourth-order valence-corrected chi connectivity index (χ4v) is 1.96. The third kappa shape index (κ3) is 12.8. The number of hydrogen-bond acceptors (Lipinski definition) is 7. The minimum atomic E-state index is -1.50. The van der Waals surface area contributed by atoms with Gasteiger partial charge < -0.3 is 40.5 Å². The molecule has 0 saturated heterocycles. The molecule has 0 saturated carbocycles. The second-order valence-corrected chi connectivity index (χ2v) is 6.14. The molecule has 12 heteroatoms. The molecule has 3 aromatic rings. The van der Waals surface area contributed by atoms with E-state index in [1.54, 1.807) is 13.8 Å². The van der Waals surface area contributed by atoms with Crippen LogP contribution in [0.5, 0.6) is 0 Å². The SMILES string of the molecule is CCC(C)(C)C(=O)O.N.N.O=[N+]([O-])O.[Cl-].[OH-].[Pt+4].c1ccc2c(c1)cnc1ccccc12. The molecule has 31 heavy (non-hydrogen) atoms. The molecule has 0 unspecified atom stereocenters. The summed E-state index contributed by atoms with van der Waals surface area (Å²) < 4.78 is 0. The van der Waals surface area contributed by atoms with Crippen molar-refractivity contribution in [3.63, 3.8) is 0 Å². The number of benzene rings is 2. The summed E-state index contributed by atoms with van der Waals surface area (Å²) in [5.41, 5.74) is 0.520. The van der Waals surface area contributed by atoms with Gasteiger partial charge in [-0.05, 0) is 31.7 Å². The average molecular weight is 640 g/mol. The van der Waals surface area contributed by atoms with Crippen molar-refractivity contribution in [2.45, 2.75) is 27.2 Å². The average Bonchev–Trinajstić information content (AvgIpc) is 2.61. The summed E-state index contributed by atoms with van der Waals surface area (Å²) in [4.78, 5) is 23.0. The van der Waals surface area contributed by atoms with Crippen LogP contribution >= 0.6 is 0 Å². The molecule has 9 N–H and O–H groups in total. The van der Waals surface area contributed by atoms with E-state index < -0.39 is 16.5 Å². The molecule has 3 rings (SSSR count). The number of nitrogens with zero attached hydrogens (tertiary/aromatic N) is 2. The number of pyridine rings is 1. The molecule has 1 heterocycles. The number of halogens is 1. The van der Waals surface area contributed by atoms with Gasteiger partial charge in [-0.2, -0.15) is 0 Å². The smallest absolute Gasteiger partial charge is 1.00 e. The Morgan fingerprint density at radius 1 is 1.06 bits per heavy atom. The molecular weight excluding hydrogens is 611 g/mol. The second-order valence-electron chi connectivity index (χ2n) is 6.14. The van der Waals surface area contributed by atoms with E-state index in [9.17, 15) is 4.79 Å². The molecule has 0 fully saturated rings. The normalized spacial score (nSPS) is 8.61. The molecule has 0 spiro atoms. The van der Waals surface area contributed by atoms with E-state index >= 15 is 0 Å². The molecular formula is C19H29ClN4O6Pt+2. The van der Waals surface area contributed by atoms with Gasteiger partial charge in [0.25, 0.3) is 5.09 Å². The minimum Gasteiger partial charge on any atom is -1.00 e. The molecule has 0 radical (unpaired) electrons. The number of fused-ring (bicyclic) bond motifs is 3. The Hall–Kier alpha value is -2.36. The zero-order valence-electron chi connectivity index (χ0n) is 17.5. The van der Waals surface area contributed by atoms with Crippen molar-refractivity contribution in [2.75, 3.05) is 0 Å². The maximum Gasteiger partial charge on any atom is 4.00 e. The zero-order chi connectivity index (χ0) is 19.7. The Labute approximate surface area is 201 Å². The summed E-state index contributed by atoms with van der Waals surface area (Å²) in [6.07, 6.45) is 2.61. The summed E-state index contributed by atoms with van der Waals surface area (Å²) in [6, 6.07) is 16.6. The van der Waals surface area contributed by atoms with Crippen molar-refractivity contribution >= 4 is 27.6 Å². The van der Waals surface area contributed by atoms with Crippen molar-refractivity contribution in [1.82, 2.24) is 17.3 Å². The first-order chi connectivity index (χ1) is 12.2. The van der Waals surface area contributed by atoms with Crippen molar-refractivity contribution in [3.8, 4) is 0 Å². The summed E-state index contributed by atoms with van der Waals surface area (Å²) in [5, 5.41) is 25.8. The maximum absolute atomic E-state index is 10.3. The molecule has 0 aliphatic carbocycles. The quantitative estimate of drug-likeness (QED) is 0.182. The van der Waals surface area contributed by atoms with Crippen LogP contribution in [0.1, 0.15) is 27.2 Å². The van der Waals surface area contributed by atoms with Crippen molar-refractivity contribution < 1.29 is 59.1 Å². The first kappa shape index (κ1) is 39.2. The summed E-state index contributed by atoms with van der Waals surface area (Å²) in [6.45, 7) is 5.30. The summed E-state index contributed by atoms with van der Waals surface area (Å²) >= 11 is 0. The Morgan fingerprint density at radius 3 is 1.90 bits per heavy atom. The largest absolute Gasteiger partial charge is 4.00 e. The maximum atomic E-state index is 10.3. The van der Waals surface area contributed by atoms with E-state index in [1.807, 2.05) is 31.3 Å². The molecule has 0 aliphatic heterocycles. The van der Waals surface area contributed by atoms with Gasteiger partial charge in [0.2, 0.25) is 0 Å². The van der Waals surface area contributed by atoms with E-state index in [0.29, 0.717) is 6.42 Å². The van der Waals surface area contributed by atoms with Gasteiger partial charge in [0.05, 0.1) is 10.9 Å². The van der Waals surface area contributed by atoms with Crippen LogP contribution in [0.2, 0.25) is 0 Å². The Morgan fingerprint density at radius 2 is 1.48 bits per heavy atom.